The maximum absolute atomic E-state index is 11.8. The van der Waals surface area contributed by atoms with E-state index in [2.05, 4.69) is 39.2 Å². The van der Waals surface area contributed by atoms with Gasteiger partial charge in [0.1, 0.15) is 0 Å². The summed E-state index contributed by atoms with van der Waals surface area (Å²) in [5, 5.41) is 11.8. The van der Waals surface area contributed by atoms with Crippen LogP contribution in [0.5, 0.6) is 0 Å². The van der Waals surface area contributed by atoms with Crippen molar-refractivity contribution in [2.75, 3.05) is 0 Å². The van der Waals surface area contributed by atoms with Gasteiger partial charge in [-0.2, -0.15) is 0 Å². The first-order valence-corrected chi connectivity index (χ1v) is 10.0. The highest BCUT2D eigenvalue weighted by atomic mass is 28.4. The summed E-state index contributed by atoms with van der Waals surface area (Å²) in [5.41, 5.74) is 0. The number of carbonyl (C=O) groups excluding carboxylic acids is 1. The predicted molar refractivity (Wildman–Crippen MR) is 80.0 cm³/mol. The zero-order valence-corrected chi connectivity index (χ0v) is 14.5. The van der Waals surface area contributed by atoms with Crippen molar-refractivity contribution in [3.8, 4) is 0 Å². The summed E-state index contributed by atoms with van der Waals surface area (Å²) in [6.45, 7) is 14.2. The third-order valence-corrected chi connectivity index (χ3v) is 9.29. The number of carboxylic acid groups (broad SMARTS) is 1. The number of amides is 1. The van der Waals surface area contributed by atoms with E-state index in [9.17, 15) is 9.59 Å². The first kappa shape index (κ1) is 17.2. The van der Waals surface area contributed by atoms with E-state index in [0.717, 1.165) is 0 Å². The Kier molecular flexibility index (Phi) is 4.71. The van der Waals surface area contributed by atoms with Crippen LogP contribution in [-0.4, -0.2) is 37.4 Å². The molecule has 6 heteroatoms. The predicted octanol–water partition coefficient (Wildman–Crippen LogP) is 2.23. The fourth-order valence-electron chi connectivity index (χ4n) is 2.23. The van der Waals surface area contributed by atoms with Crippen molar-refractivity contribution in [2.24, 2.45) is 11.8 Å². The van der Waals surface area contributed by atoms with Gasteiger partial charge in [0.05, 0.1) is 24.0 Å². The van der Waals surface area contributed by atoms with Crippen LogP contribution in [0.3, 0.4) is 0 Å². The number of carboxylic acids is 1. The van der Waals surface area contributed by atoms with Crippen molar-refractivity contribution < 1.29 is 19.1 Å². The number of β-lactam (4-membered cyclic amide) rings is 1. The monoisotopic (exact) mass is 301 g/mol. The maximum Gasteiger partial charge on any atom is 0.308 e. The highest BCUT2D eigenvalue weighted by Gasteiger charge is 2.50. The van der Waals surface area contributed by atoms with Gasteiger partial charge in [0.15, 0.2) is 8.32 Å². The van der Waals surface area contributed by atoms with Crippen LogP contribution in [0.2, 0.25) is 18.1 Å². The van der Waals surface area contributed by atoms with E-state index >= 15 is 0 Å². The number of carbonyl (C=O) groups is 2. The minimum atomic E-state index is -1.96. The molecule has 1 heterocycles. The maximum atomic E-state index is 11.8. The summed E-state index contributed by atoms with van der Waals surface area (Å²) in [6.07, 6.45) is -0.253. The Labute approximate surface area is 122 Å². The minimum Gasteiger partial charge on any atom is -0.481 e. The highest BCUT2D eigenvalue weighted by molar-refractivity contribution is 6.74. The van der Waals surface area contributed by atoms with Gasteiger partial charge in [0, 0.05) is 0 Å². The van der Waals surface area contributed by atoms with Gasteiger partial charge in [-0.1, -0.05) is 20.8 Å². The van der Waals surface area contributed by atoms with Crippen LogP contribution in [0.15, 0.2) is 0 Å². The Morgan fingerprint density at radius 2 is 1.85 bits per heavy atom. The first-order chi connectivity index (χ1) is 8.88. The molecule has 116 valence electrons. The molecule has 0 unspecified atom stereocenters. The van der Waals surface area contributed by atoms with E-state index in [-0.39, 0.29) is 29.0 Å². The molecule has 1 fully saturated rings. The molecule has 1 aliphatic heterocycles. The standard InChI is InChI=1S/C14H27NO4Si/c1-8(13(17)18)11-10(12(16)15-11)9(2)19-20(6,7)14(3,4)5/h8-11H,1-7H3,(H,15,16)(H,17,18)/t8-,9+,10-,11-/m1/s1. The lowest BCUT2D eigenvalue weighted by molar-refractivity contribution is -0.151. The molecular formula is C14H27NO4Si. The molecule has 0 bridgehead atoms. The molecule has 0 saturated carbocycles. The van der Waals surface area contributed by atoms with Gasteiger partial charge in [-0.25, -0.2) is 0 Å². The topological polar surface area (TPSA) is 75.6 Å². The Hall–Kier alpha value is -0.883. The molecule has 5 nitrogen and oxygen atoms in total. The van der Waals surface area contributed by atoms with Gasteiger partial charge < -0.3 is 14.8 Å². The first-order valence-electron chi connectivity index (χ1n) is 7.09. The van der Waals surface area contributed by atoms with E-state index in [1.807, 2.05) is 6.92 Å². The van der Waals surface area contributed by atoms with E-state index < -0.39 is 20.2 Å². The second kappa shape index (κ2) is 5.48. The Morgan fingerprint density at radius 3 is 2.20 bits per heavy atom. The quantitative estimate of drug-likeness (QED) is 0.603. The van der Waals surface area contributed by atoms with Crippen LogP contribution < -0.4 is 5.32 Å². The van der Waals surface area contributed by atoms with Crippen molar-refractivity contribution in [3.63, 3.8) is 0 Å². The van der Waals surface area contributed by atoms with Crippen LogP contribution in [0.25, 0.3) is 0 Å². The molecule has 0 aromatic rings. The average molecular weight is 301 g/mol. The third-order valence-electron chi connectivity index (χ3n) is 4.72. The average Bonchev–Trinajstić information content (AvgIpc) is 2.21. The van der Waals surface area contributed by atoms with Crippen molar-refractivity contribution in [3.05, 3.63) is 0 Å². The number of rotatable bonds is 5. The van der Waals surface area contributed by atoms with Crippen LogP contribution in [0.1, 0.15) is 34.6 Å². The fourth-order valence-corrected chi connectivity index (χ4v) is 3.66. The molecule has 2 N–H and O–H groups in total. The second-order valence-electron chi connectivity index (χ2n) is 7.27. The van der Waals surface area contributed by atoms with Crippen molar-refractivity contribution in [1.29, 1.82) is 0 Å². The summed E-state index contributed by atoms with van der Waals surface area (Å²) in [5.74, 6) is -1.95. The Balaban J connectivity index is 2.78. The lowest BCUT2D eigenvalue weighted by Gasteiger charge is -2.46. The van der Waals surface area contributed by atoms with Gasteiger partial charge in [-0.05, 0) is 32.0 Å². The zero-order valence-electron chi connectivity index (χ0n) is 13.5. The largest absolute Gasteiger partial charge is 0.481 e. The Bertz CT molecular complexity index is 402. The SMILES string of the molecule is C[C@H](O[Si](C)(C)C(C)(C)C)[C@H]1C(=O)N[C@@H]1[C@@H](C)C(=O)O. The molecule has 0 radical (unpaired) electrons. The Morgan fingerprint density at radius 1 is 1.35 bits per heavy atom. The number of hydrogen-bond donors (Lipinski definition) is 2. The van der Waals surface area contributed by atoms with Crippen molar-refractivity contribution in [1.82, 2.24) is 5.32 Å². The van der Waals surface area contributed by atoms with Gasteiger partial charge in [0.25, 0.3) is 0 Å². The van der Waals surface area contributed by atoms with Crippen LogP contribution in [0, 0.1) is 11.8 Å². The molecule has 0 aliphatic carbocycles. The van der Waals surface area contributed by atoms with E-state index in [1.54, 1.807) is 6.92 Å². The summed E-state index contributed by atoms with van der Waals surface area (Å²) in [7, 11) is -1.96. The lowest BCUT2D eigenvalue weighted by Crippen LogP contribution is -2.66. The second-order valence-corrected chi connectivity index (χ2v) is 12.0. The third kappa shape index (κ3) is 3.23. The number of hydrogen-bond acceptors (Lipinski definition) is 3. The molecule has 1 amide bonds. The summed E-state index contributed by atoms with van der Waals surface area (Å²) >= 11 is 0. The van der Waals surface area contributed by atoms with Gasteiger partial charge in [-0.15, -0.1) is 0 Å². The van der Waals surface area contributed by atoms with Crippen LogP contribution in [0.4, 0.5) is 0 Å². The minimum absolute atomic E-state index is 0.0649. The van der Waals surface area contributed by atoms with Crippen LogP contribution in [-0.2, 0) is 14.0 Å². The summed E-state index contributed by atoms with van der Waals surface area (Å²) in [6, 6.07) is -0.334. The smallest absolute Gasteiger partial charge is 0.308 e. The van der Waals surface area contributed by atoms with E-state index in [1.165, 1.54) is 0 Å². The van der Waals surface area contributed by atoms with Crippen LogP contribution >= 0.6 is 0 Å². The summed E-state index contributed by atoms with van der Waals surface area (Å²) in [4.78, 5) is 22.8. The molecular weight excluding hydrogens is 274 g/mol. The number of aliphatic carboxylic acids is 1. The molecule has 4 atom stereocenters. The van der Waals surface area contributed by atoms with E-state index in [4.69, 9.17) is 9.53 Å². The molecule has 0 aromatic carbocycles. The molecule has 1 rings (SSSR count). The van der Waals surface area contributed by atoms with Crippen molar-refractivity contribution in [2.45, 2.75) is 64.9 Å². The van der Waals surface area contributed by atoms with Gasteiger partial charge >= 0.3 is 5.97 Å². The summed E-state index contributed by atoms with van der Waals surface area (Å²) < 4.78 is 6.22. The normalized spacial score (nSPS) is 26.4. The number of nitrogens with one attached hydrogen (secondary N) is 1. The highest BCUT2D eigenvalue weighted by Crippen LogP contribution is 2.39. The molecule has 1 saturated heterocycles. The molecule has 0 aromatic heterocycles. The van der Waals surface area contributed by atoms with Gasteiger partial charge in [0.2, 0.25) is 5.91 Å². The lowest BCUT2D eigenvalue weighted by atomic mass is 9.79. The fraction of sp³-hybridized carbons (Fsp3) is 0.857. The molecule has 20 heavy (non-hydrogen) atoms. The molecule has 1 aliphatic rings. The zero-order chi connectivity index (χ0) is 15.9. The van der Waals surface area contributed by atoms with E-state index in [0.29, 0.717) is 0 Å². The molecule has 0 spiro atoms. The van der Waals surface area contributed by atoms with Crippen molar-refractivity contribution >= 4 is 20.2 Å². The van der Waals surface area contributed by atoms with Gasteiger partial charge in [-0.3, -0.25) is 9.59 Å².